The first-order valence-corrected chi connectivity index (χ1v) is 8.55. The number of hydrogen-bond acceptors (Lipinski definition) is 2. The second kappa shape index (κ2) is 8.26. The molecule has 0 spiro atoms. The van der Waals surface area contributed by atoms with Crippen LogP contribution in [0.4, 0.5) is 0 Å². The summed E-state index contributed by atoms with van der Waals surface area (Å²) in [6.45, 7) is 6.42. The average Bonchev–Trinajstić information content (AvgIpc) is 2.32. The molecule has 0 amide bonds. The standard InChI is InChI=1S/C17H32O2/c1-3-16(4-2)18-10-8-14-12-15(13-14)9-11-19-17-6-5-7-17/h14-17H,3-13H2,1-2H3. The molecule has 0 saturated heterocycles. The predicted octanol–water partition coefficient (Wildman–Crippen LogP) is 4.57. The molecule has 2 aliphatic carbocycles. The highest BCUT2D eigenvalue weighted by atomic mass is 16.5. The molecular weight excluding hydrogens is 236 g/mol. The van der Waals surface area contributed by atoms with Gasteiger partial charge in [-0.1, -0.05) is 13.8 Å². The monoisotopic (exact) mass is 268 g/mol. The van der Waals surface area contributed by atoms with Crippen LogP contribution in [-0.2, 0) is 9.47 Å². The first kappa shape index (κ1) is 15.3. The molecule has 0 unspecified atom stereocenters. The van der Waals surface area contributed by atoms with Crippen molar-refractivity contribution in [1.82, 2.24) is 0 Å². The second-order valence-electron chi connectivity index (χ2n) is 6.51. The Morgan fingerprint density at radius 2 is 1.58 bits per heavy atom. The van der Waals surface area contributed by atoms with Gasteiger partial charge >= 0.3 is 0 Å². The van der Waals surface area contributed by atoms with Gasteiger partial charge in [0.2, 0.25) is 0 Å². The van der Waals surface area contributed by atoms with Crippen LogP contribution < -0.4 is 0 Å². The van der Waals surface area contributed by atoms with Crippen molar-refractivity contribution in [3.8, 4) is 0 Å². The van der Waals surface area contributed by atoms with Crippen LogP contribution in [-0.4, -0.2) is 25.4 Å². The third-order valence-corrected chi connectivity index (χ3v) is 5.06. The van der Waals surface area contributed by atoms with Crippen LogP contribution in [0, 0.1) is 11.8 Å². The largest absolute Gasteiger partial charge is 0.378 e. The summed E-state index contributed by atoms with van der Waals surface area (Å²) < 4.78 is 11.7. The lowest BCUT2D eigenvalue weighted by molar-refractivity contribution is -0.0157. The molecule has 2 rings (SSSR count). The Morgan fingerprint density at radius 1 is 0.947 bits per heavy atom. The molecule has 19 heavy (non-hydrogen) atoms. The van der Waals surface area contributed by atoms with Crippen LogP contribution in [0.2, 0.25) is 0 Å². The topological polar surface area (TPSA) is 18.5 Å². The van der Waals surface area contributed by atoms with E-state index < -0.39 is 0 Å². The van der Waals surface area contributed by atoms with Gasteiger partial charge in [0.15, 0.2) is 0 Å². The van der Waals surface area contributed by atoms with Gasteiger partial charge in [0, 0.05) is 13.2 Å². The molecular formula is C17H32O2. The Kier molecular flexibility index (Phi) is 6.66. The lowest BCUT2D eigenvalue weighted by atomic mass is 9.72. The van der Waals surface area contributed by atoms with E-state index in [-0.39, 0.29) is 0 Å². The smallest absolute Gasteiger partial charge is 0.0575 e. The van der Waals surface area contributed by atoms with Gasteiger partial charge in [-0.3, -0.25) is 0 Å². The zero-order valence-electron chi connectivity index (χ0n) is 12.9. The molecule has 0 aromatic carbocycles. The lowest BCUT2D eigenvalue weighted by Gasteiger charge is -2.36. The van der Waals surface area contributed by atoms with E-state index >= 15 is 0 Å². The highest BCUT2D eigenvalue weighted by Gasteiger charge is 2.29. The molecule has 2 aliphatic rings. The van der Waals surface area contributed by atoms with Gasteiger partial charge in [-0.25, -0.2) is 0 Å². The normalized spacial score (nSPS) is 27.3. The van der Waals surface area contributed by atoms with Gasteiger partial charge in [0.05, 0.1) is 12.2 Å². The van der Waals surface area contributed by atoms with Crippen LogP contribution in [0.5, 0.6) is 0 Å². The highest BCUT2D eigenvalue weighted by Crippen LogP contribution is 2.38. The van der Waals surface area contributed by atoms with Crippen LogP contribution in [0.1, 0.15) is 71.6 Å². The summed E-state index contributed by atoms with van der Waals surface area (Å²) in [7, 11) is 0. The fourth-order valence-corrected chi connectivity index (χ4v) is 3.21. The van der Waals surface area contributed by atoms with Crippen LogP contribution in [0.3, 0.4) is 0 Å². The van der Waals surface area contributed by atoms with Crippen LogP contribution >= 0.6 is 0 Å². The molecule has 0 bridgehead atoms. The van der Waals surface area contributed by atoms with Gasteiger partial charge in [-0.15, -0.1) is 0 Å². The summed E-state index contributed by atoms with van der Waals surface area (Å²) in [5.74, 6) is 1.88. The van der Waals surface area contributed by atoms with Crippen molar-refractivity contribution in [1.29, 1.82) is 0 Å². The predicted molar refractivity (Wildman–Crippen MR) is 79.4 cm³/mol. The Labute approximate surface area is 119 Å². The van der Waals surface area contributed by atoms with E-state index in [0.29, 0.717) is 12.2 Å². The molecule has 0 aliphatic heterocycles. The number of ether oxygens (including phenoxy) is 2. The van der Waals surface area contributed by atoms with Gasteiger partial charge in [0.1, 0.15) is 0 Å². The van der Waals surface area contributed by atoms with E-state index in [4.69, 9.17) is 9.47 Å². The Hall–Kier alpha value is -0.0800. The van der Waals surface area contributed by atoms with Crippen LogP contribution in [0.25, 0.3) is 0 Å². The summed E-state index contributed by atoms with van der Waals surface area (Å²) in [4.78, 5) is 0. The Balaban J connectivity index is 1.40. The number of hydrogen-bond donors (Lipinski definition) is 0. The van der Waals surface area contributed by atoms with Gasteiger partial charge in [0.25, 0.3) is 0 Å². The molecule has 0 radical (unpaired) electrons. The van der Waals surface area contributed by atoms with E-state index in [9.17, 15) is 0 Å². The summed E-state index contributed by atoms with van der Waals surface area (Å²) in [5, 5.41) is 0. The third kappa shape index (κ3) is 5.07. The van der Waals surface area contributed by atoms with E-state index in [1.165, 1.54) is 44.9 Å². The summed E-state index contributed by atoms with van der Waals surface area (Å²) in [6.07, 6.45) is 12.8. The van der Waals surface area contributed by atoms with E-state index in [1.807, 2.05) is 0 Å². The Morgan fingerprint density at radius 3 is 2.11 bits per heavy atom. The lowest BCUT2D eigenvalue weighted by Crippen LogP contribution is -2.28. The minimum absolute atomic E-state index is 0.492. The van der Waals surface area contributed by atoms with Crippen molar-refractivity contribution in [2.24, 2.45) is 11.8 Å². The van der Waals surface area contributed by atoms with E-state index in [0.717, 1.165) is 37.9 Å². The summed E-state index contributed by atoms with van der Waals surface area (Å²) in [5.41, 5.74) is 0. The van der Waals surface area contributed by atoms with Gasteiger partial charge in [-0.2, -0.15) is 0 Å². The van der Waals surface area contributed by atoms with Crippen molar-refractivity contribution in [2.45, 2.75) is 83.8 Å². The second-order valence-corrected chi connectivity index (χ2v) is 6.51. The fourth-order valence-electron chi connectivity index (χ4n) is 3.21. The minimum atomic E-state index is 0.492. The van der Waals surface area contributed by atoms with E-state index in [2.05, 4.69) is 13.8 Å². The fraction of sp³-hybridized carbons (Fsp3) is 1.00. The summed E-state index contributed by atoms with van der Waals surface area (Å²) >= 11 is 0. The van der Waals surface area contributed by atoms with Crippen molar-refractivity contribution >= 4 is 0 Å². The van der Waals surface area contributed by atoms with Gasteiger partial charge in [-0.05, 0) is 69.6 Å². The maximum Gasteiger partial charge on any atom is 0.0575 e. The molecule has 0 aromatic heterocycles. The van der Waals surface area contributed by atoms with Crippen molar-refractivity contribution in [3.63, 3.8) is 0 Å². The quantitative estimate of drug-likeness (QED) is 0.578. The molecule has 2 nitrogen and oxygen atoms in total. The first-order valence-electron chi connectivity index (χ1n) is 8.55. The van der Waals surface area contributed by atoms with Gasteiger partial charge < -0.3 is 9.47 Å². The average molecular weight is 268 g/mol. The molecule has 0 N–H and O–H groups in total. The molecule has 0 heterocycles. The van der Waals surface area contributed by atoms with Crippen LogP contribution in [0.15, 0.2) is 0 Å². The maximum absolute atomic E-state index is 5.89. The molecule has 2 fully saturated rings. The van der Waals surface area contributed by atoms with E-state index in [1.54, 1.807) is 0 Å². The van der Waals surface area contributed by atoms with Crippen molar-refractivity contribution in [2.75, 3.05) is 13.2 Å². The molecule has 0 atom stereocenters. The summed E-state index contributed by atoms with van der Waals surface area (Å²) in [6, 6.07) is 0. The zero-order chi connectivity index (χ0) is 13.5. The van der Waals surface area contributed by atoms with Crippen molar-refractivity contribution in [3.05, 3.63) is 0 Å². The first-order chi connectivity index (χ1) is 9.31. The molecule has 112 valence electrons. The molecule has 2 saturated carbocycles. The highest BCUT2D eigenvalue weighted by molar-refractivity contribution is 4.79. The zero-order valence-corrected chi connectivity index (χ0v) is 12.9. The number of rotatable bonds is 10. The van der Waals surface area contributed by atoms with Crippen molar-refractivity contribution < 1.29 is 9.47 Å². The molecule has 2 heteroatoms. The Bertz CT molecular complexity index is 227. The minimum Gasteiger partial charge on any atom is -0.378 e. The maximum atomic E-state index is 5.89. The SMILES string of the molecule is CCC(CC)OCCC1CC(CCOC2CCC2)C1. The third-order valence-electron chi connectivity index (χ3n) is 5.06. The molecule has 0 aromatic rings.